The third-order valence-corrected chi connectivity index (χ3v) is 13.3. The molecule has 0 spiro atoms. The van der Waals surface area contributed by atoms with Crippen molar-refractivity contribution in [3.05, 3.63) is 11.6 Å². The highest BCUT2D eigenvalue weighted by molar-refractivity contribution is 5.82. The van der Waals surface area contributed by atoms with Crippen molar-refractivity contribution < 1.29 is 19.1 Å². The van der Waals surface area contributed by atoms with Gasteiger partial charge in [0.1, 0.15) is 12.6 Å². The molecule has 4 aliphatic carbocycles. The summed E-state index contributed by atoms with van der Waals surface area (Å²) in [5.41, 5.74) is 2.32. The van der Waals surface area contributed by atoms with E-state index in [1.807, 2.05) is 4.90 Å². The number of carbonyl (C=O) groups is 2. The number of ether oxygens (including phenoxy) is 2. The first-order chi connectivity index (χ1) is 20.7. The van der Waals surface area contributed by atoms with E-state index in [-0.39, 0.29) is 36.1 Å². The second-order valence-corrected chi connectivity index (χ2v) is 15.4. The van der Waals surface area contributed by atoms with Gasteiger partial charge in [0.2, 0.25) is 5.91 Å². The zero-order chi connectivity index (χ0) is 30.6. The summed E-state index contributed by atoms with van der Waals surface area (Å²) in [6.07, 6.45) is 23.4. The van der Waals surface area contributed by atoms with Crippen LogP contribution in [0.25, 0.3) is 0 Å². The Morgan fingerprint density at radius 3 is 2.53 bits per heavy atom. The number of hydrogen-bond donors (Lipinski definition) is 1. The molecule has 1 aliphatic heterocycles. The molecule has 4 fully saturated rings. The Morgan fingerprint density at radius 2 is 1.77 bits per heavy atom. The van der Waals surface area contributed by atoms with E-state index in [0.717, 1.165) is 55.8 Å². The summed E-state index contributed by atoms with van der Waals surface area (Å²) >= 11 is 0. The van der Waals surface area contributed by atoms with E-state index in [9.17, 15) is 9.59 Å². The van der Waals surface area contributed by atoms with Crippen LogP contribution in [0.4, 0.5) is 4.79 Å². The minimum absolute atomic E-state index is 0.0112. The van der Waals surface area contributed by atoms with Crippen molar-refractivity contribution in [2.75, 3.05) is 20.2 Å². The molecule has 0 aromatic heterocycles. The first-order valence-corrected chi connectivity index (χ1v) is 18.2. The van der Waals surface area contributed by atoms with Crippen molar-refractivity contribution in [1.29, 1.82) is 0 Å². The Hall–Kier alpha value is -1.56. The standard InChI is InChI=1S/C37H62N2O4/c1-6-8-9-10-11-12-13-26-15-17-30-29-16-14-27-24-28(18-21-37(27,4)31(29)19-22-36(26,30)3)43-35(41)38-25-34(40)39-23-20-33(42-5)32(39)7-2/h14,26,28-33H,6-13,15-25H2,1-5H3,(H,38,41)/t26-,28?,29?,30?,31?,32-,33-,36+,37-/m0/s1. The maximum atomic E-state index is 12.8. The van der Waals surface area contributed by atoms with Gasteiger partial charge in [-0.25, -0.2) is 4.79 Å². The zero-order valence-corrected chi connectivity index (χ0v) is 28.1. The molecule has 9 atom stereocenters. The number of hydrogen-bond acceptors (Lipinski definition) is 4. The lowest BCUT2D eigenvalue weighted by Gasteiger charge is -2.58. The van der Waals surface area contributed by atoms with Crippen molar-refractivity contribution in [3.63, 3.8) is 0 Å². The number of unbranched alkanes of at least 4 members (excludes halogenated alkanes) is 5. The Kier molecular flexibility index (Phi) is 10.9. The van der Waals surface area contributed by atoms with Gasteiger partial charge in [0.05, 0.1) is 12.1 Å². The van der Waals surface area contributed by atoms with Gasteiger partial charge in [0.15, 0.2) is 0 Å². The molecule has 43 heavy (non-hydrogen) atoms. The molecular formula is C37H62N2O4. The minimum Gasteiger partial charge on any atom is -0.446 e. The molecule has 2 amide bonds. The van der Waals surface area contributed by atoms with Crippen LogP contribution in [-0.4, -0.2) is 55.3 Å². The lowest BCUT2D eigenvalue weighted by atomic mass is 9.47. The van der Waals surface area contributed by atoms with Crippen molar-refractivity contribution in [2.45, 2.75) is 155 Å². The number of alkyl carbamates (subject to hydrolysis) is 1. The van der Waals surface area contributed by atoms with E-state index >= 15 is 0 Å². The summed E-state index contributed by atoms with van der Waals surface area (Å²) < 4.78 is 11.5. The highest BCUT2D eigenvalue weighted by Crippen LogP contribution is 2.66. The van der Waals surface area contributed by atoms with E-state index < -0.39 is 6.09 Å². The molecule has 5 aliphatic rings. The molecule has 6 heteroatoms. The van der Waals surface area contributed by atoms with E-state index in [0.29, 0.717) is 12.0 Å². The maximum absolute atomic E-state index is 12.8. The van der Waals surface area contributed by atoms with Crippen LogP contribution in [-0.2, 0) is 14.3 Å². The quantitative estimate of drug-likeness (QED) is 0.181. The lowest BCUT2D eigenvalue weighted by molar-refractivity contribution is -0.132. The van der Waals surface area contributed by atoms with Crippen LogP contribution in [0.1, 0.15) is 137 Å². The van der Waals surface area contributed by atoms with Gasteiger partial charge in [-0.05, 0) is 98.7 Å². The molecule has 0 bridgehead atoms. The average Bonchev–Trinajstić information content (AvgIpc) is 3.58. The van der Waals surface area contributed by atoms with E-state index in [1.165, 1.54) is 82.6 Å². The second kappa shape index (κ2) is 14.3. The fourth-order valence-corrected chi connectivity index (χ4v) is 10.8. The number of allylic oxidation sites excluding steroid dienone is 1. The molecule has 6 nitrogen and oxygen atoms in total. The first-order valence-electron chi connectivity index (χ1n) is 18.2. The fraction of sp³-hybridized carbons (Fsp3) is 0.892. The van der Waals surface area contributed by atoms with Gasteiger partial charge in [-0.15, -0.1) is 0 Å². The number of methoxy groups -OCH3 is 1. The summed E-state index contributed by atoms with van der Waals surface area (Å²) in [4.78, 5) is 27.5. The van der Waals surface area contributed by atoms with E-state index in [1.54, 1.807) is 7.11 Å². The summed E-state index contributed by atoms with van der Waals surface area (Å²) in [5, 5.41) is 2.76. The lowest BCUT2D eigenvalue weighted by Crippen LogP contribution is -2.50. The van der Waals surface area contributed by atoms with Gasteiger partial charge in [-0.3, -0.25) is 4.79 Å². The molecule has 5 rings (SSSR count). The van der Waals surface area contributed by atoms with Crippen molar-refractivity contribution in [3.8, 4) is 0 Å². The summed E-state index contributed by atoms with van der Waals surface area (Å²) in [6, 6.07) is 0.0847. The summed E-state index contributed by atoms with van der Waals surface area (Å²) in [7, 11) is 1.71. The molecule has 244 valence electrons. The molecule has 0 aromatic carbocycles. The predicted octanol–water partition coefficient (Wildman–Crippen LogP) is 8.44. The SMILES string of the molecule is CCCCCCCC[C@H]1CCC2C3CC=C4CC(OC(=O)NCC(=O)N5CC[C@H](OC)[C@@H]5CC)CC[C@]4(C)C3CC[C@@]21C. The van der Waals surface area contributed by atoms with Gasteiger partial charge in [-0.2, -0.15) is 0 Å². The van der Waals surface area contributed by atoms with Crippen LogP contribution in [0.2, 0.25) is 0 Å². The smallest absolute Gasteiger partial charge is 0.407 e. The average molecular weight is 599 g/mol. The van der Waals surface area contributed by atoms with Gasteiger partial charge in [0.25, 0.3) is 0 Å². The summed E-state index contributed by atoms with van der Waals surface area (Å²) in [6.45, 7) is 10.3. The molecule has 1 N–H and O–H groups in total. The highest BCUT2D eigenvalue weighted by atomic mass is 16.6. The van der Waals surface area contributed by atoms with Crippen LogP contribution in [0.5, 0.6) is 0 Å². The van der Waals surface area contributed by atoms with Crippen LogP contribution in [0.15, 0.2) is 11.6 Å². The minimum atomic E-state index is -0.456. The van der Waals surface area contributed by atoms with Crippen molar-refractivity contribution >= 4 is 12.0 Å². The number of nitrogens with one attached hydrogen (secondary N) is 1. The Morgan fingerprint density at radius 1 is 0.977 bits per heavy atom. The Balaban J connectivity index is 1.11. The van der Waals surface area contributed by atoms with Crippen LogP contribution in [0, 0.1) is 34.5 Å². The fourth-order valence-electron chi connectivity index (χ4n) is 10.8. The van der Waals surface area contributed by atoms with Crippen LogP contribution >= 0.6 is 0 Å². The Bertz CT molecular complexity index is 997. The predicted molar refractivity (Wildman–Crippen MR) is 173 cm³/mol. The molecule has 1 saturated heterocycles. The third kappa shape index (κ3) is 6.70. The van der Waals surface area contributed by atoms with Gasteiger partial charge in [-0.1, -0.05) is 77.9 Å². The number of rotatable bonds is 12. The van der Waals surface area contributed by atoms with Crippen molar-refractivity contribution in [2.24, 2.45) is 34.5 Å². The van der Waals surface area contributed by atoms with Crippen LogP contribution in [0.3, 0.4) is 0 Å². The van der Waals surface area contributed by atoms with Gasteiger partial charge in [0, 0.05) is 20.1 Å². The Labute approximate surface area is 262 Å². The molecule has 3 saturated carbocycles. The van der Waals surface area contributed by atoms with Crippen LogP contribution < -0.4 is 5.32 Å². The van der Waals surface area contributed by atoms with E-state index in [4.69, 9.17) is 9.47 Å². The largest absolute Gasteiger partial charge is 0.446 e. The number of fused-ring (bicyclic) bond motifs is 5. The van der Waals surface area contributed by atoms with Gasteiger partial charge >= 0.3 is 6.09 Å². The molecule has 1 heterocycles. The third-order valence-electron chi connectivity index (χ3n) is 13.3. The maximum Gasteiger partial charge on any atom is 0.407 e. The molecule has 0 radical (unpaired) electrons. The van der Waals surface area contributed by atoms with Gasteiger partial charge < -0.3 is 19.7 Å². The number of likely N-dealkylation sites (tertiary alicyclic amines) is 1. The van der Waals surface area contributed by atoms with E-state index in [2.05, 4.69) is 39.1 Å². The number of nitrogens with zero attached hydrogens (tertiary/aromatic N) is 1. The molecular weight excluding hydrogens is 536 g/mol. The highest BCUT2D eigenvalue weighted by Gasteiger charge is 2.58. The van der Waals surface area contributed by atoms with Crippen molar-refractivity contribution in [1.82, 2.24) is 10.2 Å². The molecule has 0 aromatic rings. The second-order valence-electron chi connectivity index (χ2n) is 15.4. The zero-order valence-electron chi connectivity index (χ0n) is 28.1. The number of amides is 2. The summed E-state index contributed by atoms with van der Waals surface area (Å²) in [5.74, 6) is 3.35. The normalized spacial score (nSPS) is 38.6. The number of carbonyl (C=O) groups excluding carboxylic acids is 2. The molecule has 4 unspecified atom stereocenters. The first kappa shape index (κ1) is 32.8. The topological polar surface area (TPSA) is 67.9 Å². The monoisotopic (exact) mass is 598 g/mol.